The van der Waals surface area contributed by atoms with E-state index in [0.717, 1.165) is 11.1 Å². The van der Waals surface area contributed by atoms with E-state index in [1.807, 2.05) is 36.4 Å². The Morgan fingerprint density at radius 1 is 1.17 bits per heavy atom. The van der Waals surface area contributed by atoms with E-state index in [1.165, 1.54) is 32.1 Å². The van der Waals surface area contributed by atoms with Crippen molar-refractivity contribution >= 4 is 0 Å². The first-order chi connectivity index (χ1) is 8.83. The molecule has 1 aliphatic rings. The van der Waals surface area contributed by atoms with Crippen LogP contribution >= 0.6 is 0 Å². The molecule has 1 aromatic carbocycles. The zero-order chi connectivity index (χ0) is 12.8. The molecule has 0 saturated heterocycles. The lowest BCUT2D eigenvalue weighted by atomic mass is 9.80. The summed E-state index contributed by atoms with van der Waals surface area (Å²) in [5.41, 5.74) is 2.12. The molecule has 1 nitrogen and oxygen atoms in total. The SMILES string of the molecule is C=C/C=C(\C1CCCCC1)[C@H](O)c1ccccc1. The number of hydrogen-bond donors (Lipinski definition) is 1. The lowest BCUT2D eigenvalue weighted by Gasteiger charge is -2.27. The Kier molecular flexibility index (Phi) is 4.77. The average molecular weight is 242 g/mol. The molecule has 1 heteroatoms. The summed E-state index contributed by atoms with van der Waals surface area (Å²) in [5, 5.41) is 10.5. The minimum atomic E-state index is -0.479. The van der Waals surface area contributed by atoms with Crippen molar-refractivity contribution in [3.05, 3.63) is 60.2 Å². The monoisotopic (exact) mass is 242 g/mol. The highest BCUT2D eigenvalue weighted by molar-refractivity contribution is 5.29. The predicted octanol–water partition coefficient (Wildman–Crippen LogP) is 4.41. The van der Waals surface area contributed by atoms with Crippen molar-refractivity contribution in [2.45, 2.75) is 38.2 Å². The van der Waals surface area contributed by atoms with Crippen molar-refractivity contribution in [1.29, 1.82) is 0 Å². The second-order valence-electron chi connectivity index (χ2n) is 5.05. The molecule has 0 bridgehead atoms. The summed E-state index contributed by atoms with van der Waals surface area (Å²) >= 11 is 0. The van der Waals surface area contributed by atoms with Gasteiger partial charge in [-0.25, -0.2) is 0 Å². The van der Waals surface area contributed by atoms with E-state index >= 15 is 0 Å². The normalized spacial score (nSPS) is 19.5. The Hall–Kier alpha value is -1.34. The smallest absolute Gasteiger partial charge is 0.101 e. The number of benzene rings is 1. The molecule has 0 aromatic heterocycles. The summed E-state index contributed by atoms with van der Waals surface area (Å²) in [5.74, 6) is 0.520. The maximum Gasteiger partial charge on any atom is 0.101 e. The molecule has 18 heavy (non-hydrogen) atoms. The molecule has 1 N–H and O–H groups in total. The molecule has 0 radical (unpaired) electrons. The summed E-state index contributed by atoms with van der Waals surface area (Å²) in [4.78, 5) is 0. The van der Waals surface area contributed by atoms with Gasteiger partial charge >= 0.3 is 0 Å². The number of aliphatic hydroxyl groups is 1. The van der Waals surface area contributed by atoms with Crippen LogP contribution in [0.4, 0.5) is 0 Å². The Balaban J connectivity index is 2.19. The third-order valence-corrected chi connectivity index (χ3v) is 3.82. The maximum absolute atomic E-state index is 10.5. The molecule has 0 unspecified atom stereocenters. The van der Waals surface area contributed by atoms with Gasteiger partial charge in [0.15, 0.2) is 0 Å². The van der Waals surface area contributed by atoms with Crippen LogP contribution in [0.15, 0.2) is 54.6 Å². The van der Waals surface area contributed by atoms with E-state index in [0.29, 0.717) is 5.92 Å². The van der Waals surface area contributed by atoms with Gasteiger partial charge in [0.05, 0.1) is 0 Å². The van der Waals surface area contributed by atoms with Gasteiger partial charge in [0.1, 0.15) is 6.10 Å². The second-order valence-corrected chi connectivity index (χ2v) is 5.05. The van der Waals surface area contributed by atoms with Crippen molar-refractivity contribution in [3.63, 3.8) is 0 Å². The molecule has 2 rings (SSSR count). The van der Waals surface area contributed by atoms with Gasteiger partial charge in [0.25, 0.3) is 0 Å². The largest absolute Gasteiger partial charge is 0.384 e. The molecule has 0 spiro atoms. The lowest BCUT2D eigenvalue weighted by molar-refractivity contribution is 0.191. The Morgan fingerprint density at radius 3 is 2.44 bits per heavy atom. The molecule has 1 aromatic rings. The average Bonchev–Trinajstić information content (AvgIpc) is 2.46. The molecule has 0 amide bonds. The summed E-state index contributed by atoms with van der Waals surface area (Å²) < 4.78 is 0. The molecular weight excluding hydrogens is 220 g/mol. The number of allylic oxidation sites excluding steroid dienone is 2. The number of hydrogen-bond acceptors (Lipinski definition) is 1. The first-order valence-corrected chi connectivity index (χ1v) is 6.88. The Morgan fingerprint density at radius 2 is 1.83 bits per heavy atom. The molecule has 1 aliphatic carbocycles. The van der Waals surface area contributed by atoms with Gasteiger partial charge < -0.3 is 5.11 Å². The molecule has 1 atom stereocenters. The Labute approximate surface area is 110 Å². The predicted molar refractivity (Wildman–Crippen MR) is 76.3 cm³/mol. The van der Waals surface area contributed by atoms with Gasteiger partial charge in [-0.2, -0.15) is 0 Å². The highest BCUT2D eigenvalue weighted by Crippen LogP contribution is 2.36. The van der Waals surface area contributed by atoms with E-state index in [4.69, 9.17) is 0 Å². The van der Waals surface area contributed by atoms with Crippen molar-refractivity contribution < 1.29 is 5.11 Å². The number of aliphatic hydroxyl groups excluding tert-OH is 1. The molecule has 96 valence electrons. The van der Waals surface area contributed by atoms with Gasteiger partial charge in [0, 0.05) is 0 Å². The third kappa shape index (κ3) is 3.11. The van der Waals surface area contributed by atoms with Crippen LogP contribution in [0.5, 0.6) is 0 Å². The van der Waals surface area contributed by atoms with Gasteiger partial charge in [-0.15, -0.1) is 0 Å². The fraction of sp³-hybridized carbons (Fsp3) is 0.412. The van der Waals surface area contributed by atoms with E-state index in [-0.39, 0.29) is 0 Å². The molecule has 1 saturated carbocycles. The van der Waals surface area contributed by atoms with E-state index in [2.05, 4.69) is 6.58 Å². The van der Waals surface area contributed by atoms with E-state index < -0.39 is 6.10 Å². The molecular formula is C17H22O. The van der Waals surface area contributed by atoms with Gasteiger partial charge in [0.2, 0.25) is 0 Å². The van der Waals surface area contributed by atoms with Crippen LogP contribution < -0.4 is 0 Å². The van der Waals surface area contributed by atoms with Crippen LogP contribution in [-0.2, 0) is 0 Å². The van der Waals surface area contributed by atoms with Crippen LogP contribution in [0.2, 0.25) is 0 Å². The molecule has 0 heterocycles. The van der Waals surface area contributed by atoms with Crippen molar-refractivity contribution in [2.75, 3.05) is 0 Å². The van der Waals surface area contributed by atoms with Crippen LogP contribution in [0, 0.1) is 5.92 Å². The maximum atomic E-state index is 10.5. The number of rotatable bonds is 4. The van der Waals surface area contributed by atoms with Crippen molar-refractivity contribution in [2.24, 2.45) is 5.92 Å². The quantitative estimate of drug-likeness (QED) is 0.775. The summed E-state index contributed by atoms with van der Waals surface area (Å²) in [6.07, 6.45) is 9.62. The van der Waals surface area contributed by atoms with Crippen LogP contribution in [0.25, 0.3) is 0 Å². The van der Waals surface area contributed by atoms with Gasteiger partial charge in [-0.05, 0) is 29.9 Å². The highest BCUT2D eigenvalue weighted by Gasteiger charge is 2.23. The van der Waals surface area contributed by atoms with Gasteiger partial charge in [-0.1, -0.05) is 68.3 Å². The van der Waals surface area contributed by atoms with Crippen molar-refractivity contribution in [1.82, 2.24) is 0 Å². The zero-order valence-corrected chi connectivity index (χ0v) is 10.9. The first kappa shape index (κ1) is 13.1. The summed E-state index contributed by atoms with van der Waals surface area (Å²) in [7, 11) is 0. The third-order valence-electron chi connectivity index (χ3n) is 3.82. The Bertz CT molecular complexity index is 399. The van der Waals surface area contributed by atoms with Crippen LogP contribution in [0.1, 0.15) is 43.8 Å². The fourth-order valence-corrected chi connectivity index (χ4v) is 2.85. The highest BCUT2D eigenvalue weighted by atomic mass is 16.3. The summed E-state index contributed by atoms with van der Waals surface area (Å²) in [6, 6.07) is 9.92. The molecule has 1 fully saturated rings. The minimum absolute atomic E-state index is 0.479. The van der Waals surface area contributed by atoms with E-state index in [9.17, 15) is 5.11 Å². The zero-order valence-electron chi connectivity index (χ0n) is 10.9. The lowest BCUT2D eigenvalue weighted by Crippen LogP contribution is -2.15. The minimum Gasteiger partial charge on any atom is -0.384 e. The van der Waals surface area contributed by atoms with Crippen molar-refractivity contribution in [3.8, 4) is 0 Å². The van der Waals surface area contributed by atoms with Crippen LogP contribution in [-0.4, -0.2) is 5.11 Å². The second kappa shape index (κ2) is 6.55. The van der Waals surface area contributed by atoms with Crippen LogP contribution in [0.3, 0.4) is 0 Å². The van der Waals surface area contributed by atoms with Gasteiger partial charge in [-0.3, -0.25) is 0 Å². The standard InChI is InChI=1S/C17H22O/c1-2-9-16(14-10-5-3-6-11-14)17(18)15-12-7-4-8-13-15/h2,4,7-9,12-14,17-18H,1,3,5-6,10-11H2/b16-9+/t17-/m1/s1. The summed E-state index contributed by atoms with van der Waals surface area (Å²) in [6.45, 7) is 3.78. The topological polar surface area (TPSA) is 20.2 Å². The fourth-order valence-electron chi connectivity index (χ4n) is 2.85. The molecule has 0 aliphatic heterocycles. The first-order valence-electron chi connectivity index (χ1n) is 6.88. The van der Waals surface area contributed by atoms with E-state index in [1.54, 1.807) is 6.08 Å².